The van der Waals surface area contributed by atoms with Crippen molar-refractivity contribution in [2.24, 2.45) is 0 Å². The van der Waals surface area contributed by atoms with Crippen molar-refractivity contribution < 1.29 is 4.79 Å². The van der Waals surface area contributed by atoms with Crippen LogP contribution in [0.1, 0.15) is 29.3 Å². The first kappa shape index (κ1) is 17.7. The zero-order chi connectivity index (χ0) is 19.8. The van der Waals surface area contributed by atoms with Crippen molar-refractivity contribution in [3.63, 3.8) is 0 Å². The van der Waals surface area contributed by atoms with E-state index in [9.17, 15) is 4.79 Å². The van der Waals surface area contributed by atoms with E-state index in [4.69, 9.17) is 4.98 Å². The number of carbonyl (C=O) groups is 1. The number of hydrogen-bond acceptors (Lipinski definition) is 2. The standard InChI is InChI=1S/C25H23N3O/c1-18-8-7-11-21(14-18)27-17-20(15-24(27)29)25-26-22-12-5-6-13-23(22)28(25)16-19-9-3-2-4-10-19/h2-14,20H,15-17H2,1H3/t20-/m1/s1. The van der Waals surface area contributed by atoms with Crippen LogP contribution in [0.3, 0.4) is 0 Å². The van der Waals surface area contributed by atoms with Crippen molar-refractivity contribution in [2.45, 2.75) is 25.8 Å². The minimum absolute atomic E-state index is 0.0825. The Bertz CT molecular complexity index is 1180. The van der Waals surface area contributed by atoms with Crippen molar-refractivity contribution in [3.05, 3.63) is 95.8 Å². The highest BCUT2D eigenvalue weighted by molar-refractivity contribution is 5.96. The van der Waals surface area contributed by atoms with E-state index < -0.39 is 0 Å². The number of aromatic nitrogens is 2. The van der Waals surface area contributed by atoms with Gasteiger partial charge in [0.1, 0.15) is 5.82 Å². The predicted octanol–water partition coefficient (Wildman–Crippen LogP) is 4.91. The van der Waals surface area contributed by atoms with Crippen LogP contribution >= 0.6 is 0 Å². The molecule has 2 heterocycles. The first-order valence-corrected chi connectivity index (χ1v) is 10.0. The van der Waals surface area contributed by atoms with E-state index in [1.54, 1.807) is 0 Å². The molecule has 144 valence electrons. The van der Waals surface area contributed by atoms with E-state index in [0.717, 1.165) is 34.7 Å². The van der Waals surface area contributed by atoms with E-state index in [-0.39, 0.29) is 11.8 Å². The van der Waals surface area contributed by atoms with E-state index in [1.807, 2.05) is 35.2 Å². The highest BCUT2D eigenvalue weighted by Crippen LogP contribution is 2.33. The Morgan fingerprint density at radius 3 is 2.59 bits per heavy atom. The number of para-hydroxylation sites is 2. The third-order valence-electron chi connectivity index (χ3n) is 5.67. The third-order valence-corrected chi connectivity index (χ3v) is 5.67. The van der Waals surface area contributed by atoms with Gasteiger partial charge in [0.15, 0.2) is 0 Å². The van der Waals surface area contributed by atoms with Gasteiger partial charge >= 0.3 is 0 Å². The lowest BCUT2D eigenvalue weighted by Gasteiger charge is -2.18. The number of aryl methyl sites for hydroxylation is 1. The predicted molar refractivity (Wildman–Crippen MR) is 116 cm³/mol. The number of fused-ring (bicyclic) bond motifs is 1. The van der Waals surface area contributed by atoms with Crippen molar-refractivity contribution in [1.82, 2.24) is 9.55 Å². The van der Waals surface area contributed by atoms with Gasteiger partial charge in [0.25, 0.3) is 0 Å². The van der Waals surface area contributed by atoms with E-state index in [2.05, 4.69) is 60.0 Å². The van der Waals surface area contributed by atoms with Gasteiger partial charge in [0.2, 0.25) is 5.91 Å². The third kappa shape index (κ3) is 3.31. The molecule has 1 saturated heterocycles. The minimum Gasteiger partial charge on any atom is -0.323 e. The fourth-order valence-electron chi connectivity index (χ4n) is 4.26. The molecular formula is C25H23N3O. The molecule has 0 saturated carbocycles. The summed E-state index contributed by atoms with van der Waals surface area (Å²) in [5, 5.41) is 0. The molecular weight excluding hydrogens is 358 g/mol. The Kier molecular flexibility index (Phi) is 4.39. The molecule has 0 aliphatic carbocycles. The molecule has 3 aromatic carbocycles. The monoisotopic (exact) mass is 381 g/mol. The molecule has 29 heavy (non-hydrogen) atoms. The van der Waals surface area contributed by atoms with Crippen LogP contribution in [0, 0.1) is 6.92 Å². The van der Waals surface area contributed by atoms with Gasteiger partial charge < -0.3 is 9.47 Å². The van der Waals surface area contributed by atoms with Crippen molar-refractivity contribution >= 4 is 22.6 Å². The molecule has 4 aromatic rings. The smallest absolute Gasteiger partial charge is 0.227 e. The molecule has 1 fully saturated rings. The molecule has 4 heteroatoms. The first-order valence-electron chi connectivity index (χ1n) is 10.0. The van der Waals surface area contributed by atoms with Crippen LogP contribution in [-0.4, -0.2) is 22.0 Å². The van der Waals surface area contributed by atoms with Crippen LogP contribution in [-0.2, 0) is 11.3 Å². The number of benzene rings is 3. The highest BCUT2D eigenvalue weighted by atomic mass is 16.2. The van der Waals surface area contributed by atoms with Gasteiger partial charge in [-0.15, -0.1) is 0 Å². The Morgan fingerprint density at radius 1 is 0.966 bits per heavy atom. The largest absolute Gasteiger partial charge is 0.323 e. The summed E-state index contributed by atoms with van der Waals surface area (Å²) in [6.45, 7) is 3.48. The molecule has 1 atom stereocenters. The zero-order valence-corrected chi connectivity index (χ0v) is 16.5. The Hall–Kier alpha value is -3.40. The van der Waals surface area contributed by atoms with Crippen LogP contribution in [0.15, 0.2) is 78.9 Å². The number of amides is 1. The summed E-state index contributed by atoms with van der Waals surface area (Å²) in [5.74, 6) is 1.25. The van der Waals surface area contributed by atoms with Crippen LogP contribution in [0.4, 0.5) is 5.69 Å². The van der Waals surface area contributed by atoms with E-state index >= 15 is 0 Å². The van der Waals surface area contributed by atoms with Gasteiger partial charge in [-0.05, 0) is 42.3 Å². The number of nitrogens with zero attached hydrogens (tertiary/aromatic N) is 3. The first-order chi connectivity index (χ1) is 14.2. The lowest BCUT2D eigenvalue weighted by molar-refractivity contribution is -0.117. The van der Waals surface area contributed by atoms with E-state index in [0.29, 0.717) is 13.0 Å². The Labute approximate surface area is 170 Å². The number of imidazole rings is 1. The lowest BCUT2D eigenvalue weighted by Crippen LogP contribution is -2.24. The summed E-state index contributed by atoms with van der Waals surface area (Å²) < 4.78 is 2.28. The van der Waals surface area contributed by atoms with Gasteiger partial charge in [0.05, 0.1) is 11.0 Å². The van der Waals surface area contributed by atoms with Crippen molar-refractivity contribution in [2.75, 3.05) is 11.4 Å². The normalized spacial score (nSPS) is 16.7. The maximum Gasteiger partial charge on any atom is 0.227 e. The molecule has 4 nitrogen and oxygen atoms in total. The number of rotatable bonds is 4. The number of anilines is 1. The van der Waals surface area contributed by atoms with Gasteiger partial charge in [-0.2, -0.15) is 0 Å². The fourth-order valence-corrected chi connectivity index (χ4v) is 4.26. The van der Waals surface area contributed by atoms with Gasteiger partial charge in [-0.3, -0.25) is 4.79 Å². The highest BCUT2D eigenvalue weighted by Gasteiger charge is 2.34. The second kappa shape index (κ2) is 7.21. The molecule has 1 aliphatic rings. The van der Waals surface area contributed by atoms with Crippen LogP contribution in [0.25, 0.3) is 11.0 Å². The van der Waals surface area contributed by atoms with Gasteiger partial charge in [-0.25, -0.2) is 4.98 Å². The summed E-state index contributed by atoms with van der Waals surface area (Å²) in [4.78, 5) is 19.7. The molecule has 0 N–H and O–H groups in total. The molecule has 1 aliphatic heterocycles. The Morgan fingerprint density at radius 2 is 1.76 bits per heavy atom. The lowest BCUT2D eigenvalue weighted by atomic mass is 10.1. The summed E-state index contributed by atoms with van der Waals surface area (Å²) >= 11 is 0. The maximum absolute atomic E-state index is 12.8. The maximum atomic E-state index is 12.8. The Balaban J connectivity index is 1.53. The average Bonchev–Trinajstić information content (AvgIpc) is 3.30. The summed E-state index contributed by atoms with van der Waals surface area (Å²) in [7, 11) is 0. The van der Waals surface area contributed by atoms with Crippen LogP contribution in [0.5, 0.6) is 0 Å². The average molecular weight is 381 g/mol. The summed E-state index contributed by atoms with van der Waals surface area (Å²) in [5.41, 5.74) is 5.47. The number of carbonyl (C=O) groups excluding carboxylic acids is 1. The van der Waals surface area contributed by atoms with Crippen molar-refractivity contribution in [1.29, 1.82) is 0 Å². The summed E-state index contributed by atoms with van der Waals surface area (Å²) in [6, 6.07) is 26.8. The topological polar surface area (TPSA) is 38.1 Å². The SMILES string of the molecule is Cc1cccc(N2C[C@H](c3nc4ccccc4n3Cc3ccccc3)CC2=O)c1. The molecule has 0 unspecified atom stereocenters. The number of hydrogen-bond donors (Lipinski definition) is 0. The van der Waals surface area contributed by atoms with Gasteiger partial charge in [-0.1, -0.05) is 54.6 Å². The molecule has 1 amide bonds. The summed E-state index contributed by atoms with van der Waals surface area (Å²) in [6.07, 6.45) is 0.492. The second-order valence-corrected chi connectivity index (χ2v) is 7.77. The fraction of sp³-hybridized carbons (Fsp3) is 0.200. The van der Waals surface area contributed by atoms with Crippen LogP contribution < -0.4 is 4.90 Å². The van der Waals surface area contributed by atoms with Crippen molar-refractivity contribution in [3.8, 4) is 0 Å². The van der Waals surface area contributed by atoms with Gasteiger partial charge in [0, 0.05) is 31.1 Å². The van der Waals surface area contributed by atoms with Crippen LogP contribution in [0.2, 0.25) is 0 Å². The minimum atomic E-state index is 0.0825. The molecule has 0 bridgehead atoms. The molecule has 0 spiro atoms. The molecule has 0 radical (unpaired) electrons. The van der Waals surface area contributed by atoms with E-state index in [1.165, 1.54) is 5.56 Å². The zero-order valence-electron chi connectivity index (χ0n) is 16.5. The molecule has 1 aromatic heterocycles. The quantitative estimate of drug-likeness (QED) is 0.504. The second-order valence-electron chi connectivity index (χ2n) is 7.77. The molecule has 5 rings (SSSR count).